The molecule has 1 atom stereocenters. The van der Waals surface area contributed by atoms with E-state index >= 15 is 0 Å². The first-order valence-corrected chi connectivity index (χ1v) is 8.15. The van der Waals surface area contributed by atoms with E-state index in [0.29, 0.717) is 14.8 Å². The van der Waals surface area contributed by atoms with Crippen LogP contribution in [0.5, 0.6) is 0 Å². The number of ether oxygens (including phenoxy) is 1. The Balaban J connectivity index is 2.21. The molecule has 2 rings (SSSR count). The van der Waals surface area contributed by atoms with Gasteiger partial charge in [0.1, 0.15) is 4.32 Å². The summed E-state index contributed by atoms with van der Waals surface area (Å²) in [7, 11) is 1.34. The van der Waals surface area contributed by atoms with Crippen LogP contribution in [0.25, 0.3) is 6.08 Å². The van der Waals surface area contributed by atoms with Gasteiger partial charge in [0, 0.05) is 6.04 Å². The van der Waals surface area contributed by atoms with Gasteiger partial charge >= 0.3 is 5.97 Å². The third-order valence-electron chi connectivity index (χ3n) is 3.48. The number of nitrogens with zero attached hydrogens (tertiary/aromatic N) is 1. The predicted octanol–water partition coefficient (Wildman–Crippen LogP) is 3.47. The fourth-order valence-electron chi connectivity index (χ4n) is 2.03. The molecular weight excluding hydrogens is 318 g/mol. The van der Waals surface area contributed by atoms with Crippen LogP contribution < -0.4 is 0 Å². The molecule has 0 spiro atoms. The quantitative estimate of drug-likeness (QED) is 0.479. The van der Waals surface area contributed by atoms with E-state index in [1.54, 1.807) is 35.2 Å². The van der Waals surface area contributed by atoms with Crippen LogP contribution in [0.15, 0.2) is 29.2 Å². The number of thiocarbonyl (C=S) groups is 1. The Bertz CT molecular complexity index is 637. The van der Waals surface area contributed by atoms with Gasteiger partial charge in [-0.2, -0.15) is 0 Å². The number of esters is 1. The number of methoxy groups -OCH3 is 1. The average molecular weight is 335 g/mol. The molecule has 0 saturated carbocycles. The van der Waals surface area contributed by atoms with Crippen molar-refractivity contribution in [2.45, 2.75) is 26.3 Å². The normalized spacial score (nSPS) is 18.0. The van der Waals surface area contributed by atoms with Crippen molar-refractivity contribution in [3.63, 3.8) is 0 Å². The van der Waals surface area contributed by atoms with E-state index in [9.17, 15) is 9.59 Å². The summed E-state index contributed by atoms with van der Waals surface area (Å²) < 4.78 is 5.25. The number of thioether (sulfide) groups is 1. The van der Waals surface area contributed by atoms with Gasteiger partial charge in [0.25, 0.3) is 5.91 Å². The molecule has 0 aromatic heterocycles. The van der Waals surface area contributed by atoms with E-state index in [-0.39, 0.29) is 17.9 Å². The van der Waals surface area contributed by atoms with E-state index in [1.807, 2.05) is 13.8 Å². The largest absolute Gasteiger partial charge is 0.465 e. The molecule has 0 radical (unpaired) electrons. The second kappa shape index (κ2) is 7.07. The Kier molecular flexibility index (Phi) is 5.37. The van der Waals surface area contributed by atoms with Crippen LogP contribution in [0.4, 0.5) is 0 Å². The molecule has 1 aromatic rings. The van der Waals surface area contributed by atoms with Crippen LogP contribution in [-0.2, 0) is 9.53 Å². The fourth-order valence-corrected chi connectivity index (χ4v) is 3.49. The number of carbonyl (C=O) groups is 2. The van der Waals surface area contributed by atoms with Gasteiger partial charge in [0.2, 0.25) is 0 Å². The fraction of sp³-hybridized carbons (Fsp3) is 0.312. The summed E-state index contributed by atoms with van der Waals surface area (Å²) in [5, 5.41) is 0. The second-order valence-corrected chi connectivity index (χ2v) is 6.60. The summed E-state index contributed by atoms with van der Waals surface area (Å²) in [6, 6.07) is 7.00. The SMILES string of the molecule is CCC(C)N1C(=O)C(=Cc2ccc(C(=O)OC)cc2)SC1=S. The first kappa shape index (κ1) is 16.7. The number of benzene rings is 1. The Hall–Kier alpha value is -1.66. The third-order valence-corrected chi connectivity index (χ3v) is 4.82. The lowest BCUT2D eigenvalue weighted by Gasteiger charge is -2.21. The molecule has 1 fully saturated rings. The van der Waals surface area contributed by atoms with E-state index in [2.05, 4.69) is 4.74 Å². The molecule has 4 nitrogen and oxygen atoms in total. The first-order valence-electron chi connectivity index (χ1n) is 6.93. The van der Waals surface area contributed by atoms with Gasteiger partial charge in [-0.3, -0.25) is 9.69 Å². The van der Waals surface area contributed by atoms with Gasteiger partial charge in [-0.1, -0.05) is 43.0 Å². The molecule has 1 heterocycles. The van der Waals surface area contributed by atoms with E-state index in [4.69, 9.17) is 12.2 Å². The average Bonchev–Trinajstić information content (AvgIpc) is 2.80. The smallest absolute Gasteiger partial charge is 0.337 e. The highest BCUT2D eigenvalue weighted by Gasteiger charge is 2.34. The van der Waals surface area contributed by atoms with Crippen molar-refractivity contribution in [3.05, 3.63) is 40.3 Å². The Morgan fingerprint density at radius 3 is 2.59 bits per heavy atom. The first-order chi connectivity index (χ1) is 10.5. The maximum Gasteiger partial charge on any atom is 0.337 e. The van der Waals surface area contributed by atoms with Gasteiger partial charge < -0.3 is 4.74 Å². The minimum atomic E-state index is -0.380. The van der Waals surface area contributed by atoms with E-state index in [0.717, 1.165) is 12.0 Å². The summed E-state index contributed by atoms with van der Waals surface area (Å²) in [5.74, 6) is -0.434. The van der Waals surface area contributed by atoms with E-state index in [1.165, 1.54) is 18.9 Å². The highest BCUT2D eigenvalue weighted by atomic mass is 32.2. The standard InChI is InChI=1S/C16H17NO3S2/c1-4-10(2)17-14(18)13(22-16(17)21)9-11-5-7-12(8-6-11)15(19)20-3/h5-10H,4H2,1-3H3. The van der Waals surface area contributed by atoms with Crippen molar-refractivity contribution in [3.8, 4) is 0 Å². The summed E-state index contributed by atoms with van der Waals surface area (Å²) in [6.07, 6.45) is 2.65. The molecule has 1 saturated heterocycles. The van der Waals surface area contributed by atoms with Crippen molar-refractivity contribution in [2.24, 2.45) is 0 Å². The molecular formula is C16H17NO3S2. The van der Waals surface area contributed by atoms with Crippen LogP contribution >= 0.6 is 24.0 Å². The molecule has 0 bridgehead atoms. The van der Waals surface area contributed by atoms with Crippen LogP contribution in [0.2, 0.25) is 0 Å². The number of hydrogen-bond donors (Lipinski definition) is 0. The molecule has 22 heavy (non-hydrogen) atoms. The van der Waals surface area contributed by atoms with Crippen LogP contribution in [-0.4, -0.2) is 34.2 Å². The summed E-state index contributed by atoms with van der Waals surface area (Å²) >= 11 is 6.60. The number of hydrogen-bond acceptors (Lipinski definition) is 5. The molecule has 0 aliphatic carbocycles. The van der Waals surface area contributed by atoms with Crippen LogP contribution in [0, 0.1) is 0 Å². The Morgan fingerprint density at radius 2 is 2.05 bits per heavy atom. The number of amides is 1. The second-order valence-electron chi connectivity index (χ2n) is 4.92. The van der Waals surface area contributed by atoms with Crippen molar-refractivity contribution >= 4 is 46.3 Å². The zero-order chi connectivity index (χ0) is 16.3. The maximum absolute atomic E-state index is 12.4. The zero-order valence-electron chi connectivity index (χ0n) is 12.7. The topological polar surface area (TPSA) is 46.6 Å². The van der Waals surface area contributed by atoms with E-state index < -0.39 is 0 Å². The van der Waals surface area contributed by atoms with Crippen molar-refractivity contribution in [2.75, 3.05) is 7.11 Å². The molecule has 1 aliphatic heterocycles. The lowest BCUT2D eigenvalue weighted by Crippen LogP contribution is -2.36. The maximum atomic E-state index is 12.4. The number of rotatable bonds is 4. The van der Waals surface area contributed by atoms with Gasteiger partial charge in [0.05, 0.1) is 17.6 Å². The third kappa shape index (κ3) is 3.39. The Labute approximate surface area is 139 Å². The van der Waals surface area contributed by atoms with Gasteiger partial charge in [-0.25, -0.2) is 4.79 Å². The van der Waals surface area contributed by atoms with Crippen LogP contribution in [0.1, 0.15) is 36.2 Å². The number of carbonyl (C=O) groups excluding carboxylic acids is 2. The summed E-state index contributed by atoms with van der Waals surface area (Å²) in [6.45, 7) is 4.01. The minimum absolute atomic E-state index is 0.0543. The molecule has 1 unspecified atom stereocenters. The summed E-state index contributed by atoms with van der Waals surface area (Å²) in [4.78, 5) is 26.1. The van der Waals surface area contributed by atoms with Crippen molar-refractivity contribution in [1.29, 1.82) is 0 Å². The monoisotopic (exact) mass is 335 g/mol. The van der Waals surface area contributed by atoms with Crippen molar-refractivity contribution < 1.29 is 14.3 Å². The molecule has 0 N–H and O–H groups in total. The highest BCUT2D eigenvalue weighted by Crippen LogP contribution is 2.34. The predicted molar refractivity (Wildman–Crippen MR) is 92.5 cm³/mol. The van der Waals surface area contributed by atoms with Gasteiger partial charge in [-0.15, -0.1) is 0 Å². The van der Waals surface area contributed by atoms with Crippen molar-refractivity contribution in [1.82, 2.24) is 4.90 Å². The molecule has 6 heteroatoms. The highest BCUT2D eigenvalue weighted by molar-refractivity contribution is 8.26. The summed E-state index contributed by atoms with van der Waals surface area (Å²) in [5.41, 5.74) is 1.32. The molecule has 1 amide bonds. The zero-order valence-corrected chi connectivity index (χ0v) is 14.3. The lowest BCUT2D eigenvalue weighted by atomic mass is 10.1. The minimum Gasteiger partial charge on any atom is -0.465 e. The van der Waals surface area contributed by atoms with Crippen LogP contribution in [0.3, 0.4) is 0 Å². The molecule has 116 valence electrons. The van der Waals surface area contributed by atoms with Gasteiger partial charge in [0.15, 0.2) is 0 Å². The lowest BCUT2D eigenvalue weighted by molar-refractivity contribution is -0.123. The Morgan fingerprint density at radius 1 is 1.41 bits per heavy atom. The molecule has 1 aromatic carbocycles. The molecule has 1 aliphatic rings. The van der Waals surface area contributed by atoms with Gasteiger partial charge in [-0.05, 0) is 37.1 Å².